The van der Waals surface area contributed by atoms with Crippen molar-refractivity contribution in [2.45, 2.75) is 6.92 Å². The van der Waals surface area contributed by atoms with Gasteiger partial charge in [-0.1, -0.05) is 12.2 Å². The van der Waals surface area contributed by atoms with E-state index in [1.807, 2.05) is 0 Å². The molecule has 0 rings (SSSR count). The average Bonchev–Trinajstić information content (AvgIpc) is 1.36. The van der Waals surface area contributed by atoms with Crippen LogP contribution in [0.3, 0.4) is 0 Å². The van der Waals surface area contributed by atoms with Crippen LogP contribution in [-0.2, 0) is 0 Å². The first-order valence-corrected chi connectivity index (χ1v) is 1.34. The summed E-state index contributed by atoms with van der Waals surface area (Å²) in [7, 11) is 0. The molecule has 0 aliphatic heterocycles. The molecule has 0 atom stereocenters. The second-order valence-corrected chi connectivity index (χ2v) is 1.11. The van der Waals surface area contributed by atoms with E-state index in [2.05, 4.69) is 12.2 Å². The Balaban J connectivity index is 3.26. The number of nitrogens with two attached hydrogens (primary N) is 1. The number of hydrogen-bond donors (Lipinski definition) is 1. The smallest absolute Gasteiger partial charge is 0.157 e. The van der Waals surface area contributed by atoms with Crippen LogP contribution in [0.4, 0.5) is 0 Å². The first kappa shape index (κ1) is 1.36. The monoisotopic (exact) mass is 77.0 g/mol. The van der Waals surface area contributed by atoms with Crippen LogP contribution in [0, 0.1) is 0 Å². The second kappa shape index (κ2) is 1.24. The van der Waals surface area contributed by atoms with Gasteiger partial charge in [-0.05, 0) is 6.92 Å². The van der Waals surface area contributed by atoms with Gasteiger partial charge in [0.1, 0.15) is 0 Å². The molecule has 2 heteroatoms. The minimum absolute atomic E-state index is 0.259. The molecule has 0 heterocycles. The maximum atomic E-state index is 6.39. The van der Waals surface area contributed by atoms with Gasteiger partial charge in [0, 0.05) is 0 Å². The van der Waals surface area contributed by atoms with Gasteiger partial charge in [-0.2, -0.15) is 0 Å². The molecule has 24 valence electrons. The fourth-order valence-corrected chi connectivity index (χ4v) is 0. The maximum Gasteiger partial charge on any atom is 0.157 e. The molecule has 0 fully saturated rings. The summed E-state index contributed by atoms with van der Waals surface area (Å²) in [6, 6.07) is 0. The van der Waals surface area contributed by atoms with Gasteiger partial charge in [0.15, 0.2) is 2.82 Å². The predicted molar refractivity (Wildman–Crippen MR) is 22.5 cm³/mol. The van der Waals surface area contributed by atoms with E-state index in [1.165, 1.54) is 6.92 Å². The summed E-state index contributed by atoms with van der Waals surface area (Å²) in [6.07, 6.45) is 0. The molecule has 0 unspecified atom stereocenters. The molecule has 0 saturated heterocycles. The molecule has 0 spiro atoms. The van der Waals surface area contributed by atoms with E-state index < -0.39 is 0 Å². The Labute approximate surface area is 33.7 Å². The van der Waals surface area contributed by atoms with Gasteiger partial charge < -0.3 is 5.72 Å². The Morgan fingerprint density at radius 2 is 2.75 bits per heavy atom. The van der Waals surface area contributed by atoms with Gasteiger partial charge in [-0.25, -0.2) is 0 Å². The molecule has 0 saturated carbocycles. The van der Waals surface area contributed by atoms with Gasteiger partial charge in [0.2, 0.25) is 0 Å². The molecular weight excluding hydrogens is 70.1 g/mol. The van der Waals surface area contributed by atoms with Crippen LogP contribution in [0.5, 0.6) is 0 Å². The van der Waals surface area contributed by atoms with Crippen LogP contribution in [0.2, 0.25) is 2.82 Å². The van der Waals surface area contributed by atoms with Crippen LogP contribution in [0.15, 0.2) is 0 Å². The highest BCUT2D eigenvalue weighted by Crippen LogP contribution is 1.48. The normalized spacial score (nSPS) is 12.2. The molecular formula is C2H5NS. The lowest BCUT2D eigenvalue weighted by atomic mass is 10.8. The third kappa shape index (κ3) is 124. The van der Waals surface area contributed by atoms with E-state index in [4.69, 9.17) is 2.82 Å². The molecule has 0 aromatic rings. The van der Waals surface area contributed by atoms with Crippen LogP contribution in [0.1, 0.15) is 6.92 Å². The molecule has 0 radical (unpaired) electrons. The first-order valence-electron chi connectivity index (χ1n) is 1.82. The fraction of sp³-hybridized carbons (Fsp3) is 0.500. The molecule has 0 bridgehead atoms. The zero-order chi connectivity index (χ0) is 5.15. The zero-order valence-electron chi connectivity index (χ0n) is 4.36. The summed E-state index contributed by atoms with van der Waals surface area (Å²) in [5.74, 6) is 0. The van der Waals surface area contributed by atoms with Crippen molar-refractivity contribution in [2.24, 2.45) is 5.72 Å². The number of thiocarbonyl (C=S) groups is 1. The van der Waals surface area contributed by atoms with Crippen molar-refractivity contribution < 1.29 is 2.82 Å². The largest absolute Gasteiger partial charge is 0.394 e. The Kier molecular flexibility index (Phi) is 0.420. The van der Waals surface area contributed by atoms with Crippen molar-refractivity contribution in [3.63, 3.8) is 0 Å². The van der Waals surface area contributed by atoms with Gasteiger partial charge in [0.05, 0.1) is 4.99 Å². The van der Waals surface area contributed by atoms with E-state index in [9.17, 15) is 0 Å². The van der Waals surface area contributed by atoms with Crippen LogP contribution >= 0.6 is 12.2 Å². The van der Waals surface area contributed by atoms with Crippen molar-refractivity contribution >= 4 is 17.2 Å². The highest BCUT2D eigenvalue weighted by atomic mass is 32.1. The quantitative estimate of drug-likeness (QED) is 0.421. The lowest BCUT2D eigenvalue weighted by molar-refractivity contribution is 1.73. The summed E-state index contributed by atoms with van der Waals surface area (Å²) in [5, 5.41) is 0. The highest BCUT2D eigenvalue weighted by molar-refractivity contribution is 7.80. The van der Waals surface area contributed by atoms with Crippen molar-refractivity contribution in [2.75, 3.05) is 0 Å². The third-order valence-corrected chi connectivity index (χ3v) is 0. The SMILES string of the molecule is [2H]N([2H])C(C)=S. The average molecular weight is 77.1 g/mol. The van der Waals surface area contributed by atoms with E-state index in [0.29, 0.717) is 5.72 Å². The standard InChI is InChI=1S/C2H5NS/c1-2(3)4/h1H3,(H2,3,4)/i/hD2. The zero-order valence-corrected chi connectivity index (χ0v) is 3.17. The number of rotatable bonds is 0. The molecule has 0 aromatic heterocycles. The second-order valence-electron chi connectivity index (χ2n) is 0.519. The van der Waals surface area contributed by atoms with Crippen molar-refractivity contribution in [3.8, 4) is 0 Å². The molecule has 4 heavy (non-hydrogen) atoms. The molecule has 0 aliphatic rings. The molecule has 2 N–H and O–H groups in total. The topological polar surface area (TPSA) is 26.0 Å². The lowest BCUT2D eigenvalue weighted by Gasteiger charge is -1.65. The molecule has 0 aromatic carbocycles. The Morgan fingerprint density at radius 3 is 2.75 bits per heavy atom. The summed E-state index contributed by atoms with van der Waals surface area (Å²) in [6.45, 7) is 1.52. The molecule has 1 nitrogen and oxygen atoms in total. The predicted octanol–water partition coefficient (Wildman–Crippen LogP) is 0.292. The fourth-order valence-electron chi connectivity index (χ4n) is 0. The van der Waals surface area contributed by atoms with Crippen LogP contribution in [0.25, 0.3) is 0 Å². The summed E-state index contributed by atoms with van der Waals surface area (Å²) < 4.78 is 12.8. The molecule has 0 aliphatic carbocycles. The van der Waals surface area contributed by atoms with Crippen molar-refractivity contribution in [1.82, 2.24) is 0 Å². The van der Waals surface area contributed by atoms with Crippen molar-refractivity contribution in [1.29, 1.82) is 0 Å². The van der Waals surface area contributed by atoms with Crippen LogP contribution in [-0.4, -0.2) is 4.99 Å². The van der Waals surface area contributed by atoms with E-state index in [0.717, 1.165) is 0 Å². The maximum absolute atomic E-state index is 6.39. The number of hydrogen-bond acceptors (Lipinski definition) is 1. The summed E-state index contributed by atoms with van der Waals surface area (Å²) in [4.78, 5) is 0.259. The minimum atomic E-state index is 0.259. The van der Waals surface area contributed by atoms with Gasteiger partial charge in [0.25, 0.3) is 0 Å². The van der Waals surface area contributed by atoms with Gasteiger partial charge >= 0.3 is 0 Å². The van der Waals surface area contributed by atoms with E-state index in [-0.39, 0.29) is 4.99 Å². The van der Waals surface area contributed by atoms with E-state index in [1.54, 1.807) is 0 Å². The lowest BCUT2D eigenvalue weighted by Crippen LogP contribution is -1.98. The molecule has 0 amide bonds. The minimum Gasteiger partial charge on any atom is -0.394 e. The summed E-state index contributed by atoms with van der Waals surface area (Å²) >= 11 is 4.37. The van der Waals surface area contributed by atoms with Gasteiger partial charge in [-0.3, -0.25) is 0 Å². The summed E-state index contributed by atoms with van der Waals surface area (Å²) in [5.41, 5.74) is 0.398. The van der Waals surface area contributed by atoms with E-state index >= 15 is 0 Å². The van der Waals surface area contributed by atoms with Crippen molar-refractivity contribution in [3.05, 3.63) is 0 Å². The third-order valence-electron chi connectivity index (χ3n) is 0. The van der Waals surface area contributed by atoms with Gasteiger partial charge in [-0.15, -0.1) is 0 Å². The Morgan fingerprint density at radius 1 is 2.50 bits per heavy atom. The first-order chi connectivity index (χ1) is 2.64. The highest BCUT2D eigenvalue weighted by Gasteiger charge is 1.54. The van der Waals surface area contributed by atoms with Crippen LogP contribution < -0.4 is 5.72 Å². The Hall–Kier alpha value is -0.110. The Bertz CT molecular complexity index is 62.6.